The first-order valence-corrected chi connectivity index (χ1v) is 6.77. The molecule has 1 aromatic rings. The van der Waals surface area contributed by atoms with Gasteiger partial charge in [-0.3, -0.25) is 4.79 Å². The molecule has 0 fully saturated rings. The Morgan fingerprint density at radius 3 is 2.79 bits per heavy atom. The van der Waals surface area contributed by atoms with E-state index in [1.54, 1.807) is 6.07 Å². The Morgan fingerprint density at radius 2 is 2.16 bits per heavy atom. The summed E-state index contributed by atoms with van der Waals surface area (Å²) in [7, 11) is 0. The lowest BCUT2D eigenvalue weighted by Crippen LogP contribution is -2.19. The van der Waals surface area contributed by atoms with Crippen LogP contribution in [-0.2, 0) is 9.53 Å². The van der Waals surface area contributed by atoms with E-state index in [-0.39, 0.29) is 24.9 Å². The van der Waals surface area contributed by atoms with Crippen molar-refractivity contribution < 1.29 is 9.53 Å². The van der Waals surface area contributed by atoms with Gasteiger partial charge < -0.3 is 15.8 Å². The Morgan fingerprint density at radius 1 is 1.47 bits per heavy atom. The summed E-state index contributed by atoms with van der Waals surface area (Å²) in [5, 5.41) is 2.75. The summed E-state index contributed by atoms with van der Waals surface area (Å²) in [6.07, 6.45) is 2.02. The highest BCUT2D eigenvalue weighted by atomic mass is 79.9. The summed E-state index contributed by atoms with van der Waals surface area (Å²) >= 11 is 3.37. The topological polar surface area (TPSA) is 64.3 Å². The van der Waals surface area contributed by atoms with Crippen molar-refractivity contribution in [3.63, 3.8) is 0 Å². The SMILES string of the molecule is CCCCOCC(=O)Nc1cc(Br)cc(C)c1N.Cl. The summed E-state index contributed by atoms with van der Waals surface area (Å²) in [5.41, 5.74) is 8.02. The third-order valence-electron chi connectivity index (χ3n) is 2.50. The van der Waals surface area contributed by atoms with E-state index in [2.05, 4.69) is 28.2 Å². The number of hydrogen-bond donors (Lipinski definition) is 2. The molecule has 0 bridgehead atoms. The van der Waals surface area contributed by atoms with E-state index < -0.39 is 0 Å². The molecule has 108 valence electrons. The molecule has 0 aliphatic rings. The third-order valence-corrected chi connectivity index (χ3v) is 2.96. The van der Waals surface area contributed by atoms with Crippen LogP contribution >= 0.6 is 28.3 Å². The number of carbonyl (C=O) groups excluding carboxylic acids is 1. The summed E-state index contributed by atoms with van der Waals surface area (Å²) in [6.45, 7) is 4.64. The standard InChI is InChI=1S/C13H19BrN2O2.ClH/c1-3-4-5-18-8-12(17)16-11-7-10(14)6-9(2)13(11)15;/h6-7H,3-5,8,15H2,1-2H3,(H,16,17);1H. The molecule has 0 saturated carbocycles. The minimum absolute atomic E-state index is 0. The molecule has 0 heterocycles. The van der Waals surface area contributed by atoms with Crippen LogP contribution in [-0.4, -0.2) is 19.1 Å². The Labute approximate surface area is 128 Å². The molecule has 0 atom stereocenters. The van der Waals surface area contributed by atoms with Crippen molar-refractivity contribution in [3.05, 3.63) is 22.2 Å². The number of halogens is 2. The fourth-order valence-electron chi connectivity index (χ4n) is 1.46. The first-order valence-electron chi connectivity index (χ1n) is 5.97. The van der Waals surface area contributed by atoms with Crippen molar-refractivity contribution in [2.45, 2.75) is 26.7 Å². The second kappa shape index (κ2) is 9.18. The van der Waals surface area contributed by atoms with Gasteiger partial charge in [-0.1, -0.05) is 29.3 Å². The van der Waals surface area contributed by atoms with Gasteiger partial charge >= 0.3 is 0 Å². The number of nitrogen functional groups attached to an aromatic ring is 1. The molecule has 1 aromatic carbocycles. The van der Waals surface area contributed by atoms with Gasteiger partial charge in [-0.25, -0.2) is 0 Å². The van der Waals surface area contributed by atoms with E-state index in [1.165, 1.54) is 0 Å². The molecular weight excluding hydrogens is 332 g/mol. The number of ether oxygens (including phenoxy) is 1. The van der Waals surface area contributed by atoms with E-state index >= 15 is 0 Å². The van der Waals surface area contributed by atoms with Crippen LogP contribution in [0.1, 0.15) is 25.3 Å². The molecule has 1 rings (SSSR count). The molecule has 0 aliphatic heterocycles. The number of nitrogens with one attached hydrogen (secondary N) is 1. The van der Waals surface area contributed by atoms with Gasteiger partial charge in [-0.15, -0.1) is 12.4 Å². The van der Waals surface area contributed by atoms with Gasteiger partial charge in [-0.2, -0.15) is 0 Å². The second-order valence-electron chi connectivity index (χ2n) is 4.14. The zero-order valence-corrected chi connectivity index (χ0v) is 13.6. The summed E-state index contributed by atoms with van der Waals surface area (Å²) in [4.78, 5) is 11.6. The number of hydrogen-bond acceptors (Lipinski definition) is 3. The van der Waals surface area contributed by atoms with E-state index in [0.717, 1.165) is 22.9 Å². The number of rotatable bonds is 6. The van der Waals surface area contributed by atoms with Gasteiger partial charge in [0.25, 0.3) is 0 Å². The van der Waals surface area contributed by atoms with Crippen molar-refractivity contribution in [3.8, 4) is 0 Å². The molecule has 0 saturated heterocycles. The molecule has 4 nitrogen and oxygen atoms in total. The lowest BCUT2D eigenvalue weighted by molar-refractivity contribution is -0.120. The van der Waals surface area contributed by atoms with Crippen LogP contribution in [0.3, 0.4) is 0 Å². The van der Waals surface area contributed by atoms with Crippen LogP contribution in [0.5, 0.6) is 0 Å². The monoisotopic (exact) mass is 350 g/mol. The molecule has 0 aliphatic carbocycles. The van der Waals surface area contributed by atoms with Gasteiger partial charge in [0, 0.05) is 11.1 Å². The second-order valence-corrected chi connectivity index (χ2v) is 5.05. The van der Waals surface area contributed by atoms with E-state index in [9.17, 15) is 4.79 Å². The number of nitrogens with two attached hydrogens (primary N) is 1. The normalized spacial score (nSPS) is 9.84. The van der Waals surface area contributed by atoms with E-state index in [1.807, 2.05) is 13.0 Å². The highest BCUT2D eigenvalue weighted by Gasteiger charge is 2.08. The third kappa shape index (κ3) is 6.27. The number of benzene rings is 1. The smallest absolute Gasteiger partial charge is 0.250 e. The minimum atomic E-state index is -0.185. The number of carbonyl (C=O) groups is 1. The quantitative estimate of drug-likeness (QED) is 0.609. The predicted molar refractivity (Wildman–Crippen MR) is 84.9 cm³/mol. The van der Waals surface area contributed by atoms with Crippen LogP contribution in [0.4, 0.5) is 11.4 Å². The van der Waals surface area contributed by atoms with Crippen molar-refractivity contribution in [1.82, 2.24) is 0 Å². The molecule has 3 N–H and O–H groups in total. The maximum Gasteiger partial charge on any atom is 0.250 e. The lowest BCUT2D eigenvalue weighted by Gasteiger charge is -2.11. The number of amides is 1. The van der Waals surface area contributed by atoms with Gasteiger partial charge in [0.15, 0.2) is 0 Å². The summed E-state index contributed by atoms with van der Waals surface area (Å²) in [5.74, 6) is -0.185. The maximum absolute atomic E-state index is 11.6. The Hall–Kier alpha value is -0.780. The first-order chi connectivity index (χ1) is 8.54. The Balaban J connectivity index is 0.00000324. The predicted octanol–water partition coefficient (Wildman–Crippen LogP) is 3.52. The van der Waals surface area contributed by atoms with Crippen molar-refractivity contribution >= 4 is 45.6 Å². The van der Waals surface area contributed by atoms with Gasteiger partial charge in [-0.05, 0) is 31.0 Å². The summed E-state index contributed by atoms with van der Waals surface area (Å²) in [6, 6.07) is 3.69. The number of anilines is 2. The van der Waals surface area contributed by atoms with Crippen molar-refractivity contribution in [2.24, 2.45) is 0 Å². The number of aryl methyl sites for hydroxylation is 1. The molecule has 6 heteroatoms. The molecule has 1 amide bonds. The average molecular weight is 352 g/mol. The van der Waals surface area contributed by atoms with Gasteiger partial charge in [0.05, 0.1) is 11.4 Å². The van der Waals surface area contributed by atoms with Crippen LogP contribution in [0, 0.1) is 6.92 Å². The average Bonchev–Trinajstić information content (AvgIpc) is 2.31. The van der Waals surface area contributed by atoms with Crippen LogP contribution < -0.4 is 11.1 Å². The van der Waals surface area contributed by atoms with Crippen molar-refractivity contribution in [2.75, 3.05) is 24.3 Å². The largest absolute Gasteiger partial charge is 0.397 e. The molecule has 19 heavy (non-hydrogen) atoms. The molecule has 0 spiro atoms. The highest BCUT2D eigenvalue weighted by molar-refractivity contribution is 9.10. The van der Waals surface area contributed by atoms with Crippen molar-refractivity contribution in [1.29, 1.82) is 0 Å². The van der Waals surface area contributed by atoms with E-state index in [4.69, 9.17) is 10.5 Å². The van der Waals surface area contributed by atoms with Gasteiger partial charge in [0.1, 0.15) is 6.61 Å². The summed E-state index contributed by atoms with van der Waals surface area (Å²) < 4.78 is 6.13. The maximum atomic E-state index is 11.6. The molecule has 0 radical (unpaired) electrons. The van der Waals surface area contributed by atoms with E-state index in [0.29, 0.717) is 18.0 Å². The zero-order valence-electron chi connectivity index (χ0n) is 11.2. The first kappa shape index (κ1) is 18.2. The molecular formula is C13H20BrClN2O2. The molecule has 0 unspecified atom stereocenters. The van der Waals surface area contributed by atoms with Crippen LogP contribution in [0.25, 0.3) is 0 Å². The zero-order chi connectivity index (χ0) is 13.5. The van der Waals surface area contributed by atoms with Crippen LogP contribution in [0.15, 0.2) is 16.6 Å². The fraction of sp³-hybridized carbons (Fsp3) is 0.462. The lowest BCUT2D eigenvalue weighted by atomic mass is 10.2. The minimum Gasteiger partial charge on any atom is -0.397 e. The van der Waals surface area contributed by atoms with Crippen LogP contribution in [0.2, 0.25) is 0 Å². The fourth-order valence-corrected chi connectivity index (χ4v) is 2.03. The molecule has 0 aromatic heterocycles. The van der Waals surface area contributed by atoms with Gasteiger partial charge in [0.2, 0.25) is 5.91 Å². The Kier molecular flexibility index (Phi) is 8.80. The number of unbranched alkanes of at least 4 members (excludes halogenated alkanes) is 1. The highest BCUT2D eigenvalue weighted by Crippen LogP contribution is 2.27. The Bertz CT molecular complexity index is 427.